The second kappa shape index (κ2) is 6.60. The summed E-state index contributed by atoms with van der Waals surface area (Å²) in [6, 6.07) is 0.569. The molecule has 0 unspecified atom stereocenters. The van der Waals surface area contributed by atoms with Gasteiger partial charge in [0.05, 0.1) is 25.0 Å². The molecule has 0 radical (unpaired) electrons. The van der Waals surface area contributed by atoms with E-state index in [1.54, 1.807) is 15.8 Å². The van der Waals surface area contributed by atoms with Crippen molar-refractivity contribution in [2.45, 2.75) is 32.0 Å². The fraction of sp³-hybridized carbons (Fsp3) is 0.400. The third-order valence-corrected chi connectivity index (χ3v) is 3.99. The molecule has 24 heavy (non-hydrogen) atoms. The molecule has 1 aromatic heterocycles. The van der Waals surface area contributed by atoms with Crippen LogP contribution in [0.4, 0.5) is 13.2 Å². The van der Waals surface area contributed by atoms with Gasteiger partial charge in [0, 0.05) is 25.1 Å². The summed E-state index contributed by atoms with van der Waals surface area (Å²) in [6.45, 7) is 1.42. The highest BCUT2D eigenvalue weighted by molar-refractivity contribution is 5.77. The van der Waals surface area contributed by atoms with Crippen LogP contribution < -0.4 is 5.73 Å². The second-order valence-electron chi connectivity index (χ2n) is 5.79. The quantitative estimate of drug-likeness (QED) is 0.843. The van der Waals surface area contributed by atoms with Gasteiger partial charge in [0.1, 0.15) is 5.82 Å². The van der Waals surface area contributed by atoms with Crippen LogP contribution in [0, 0.1) is 17.5 Å². The van der Waals surface area contributed by atoms with Crippen LogP contribution in [0.1, 0.15) is 17.7 Å². The number of carbonyl (C=O) groups excluding carboxylic acids is 1. The Kier molecular flexibility index (Phi) is 4.52. The van der Waals surface area contributed by atoms with Crippen molar-refractivity contribution in [3.8, 4) is 0 Å². The van der Waals surface area contributed by atoms with Gasteiger partial charge < -0.3 is 10.6 Å². The van der Waals surface area contributed by atoms with Crippen molar-refractivity contribution in [1.82, 2.24) is 19.9 Å². The van der Waals surface area contributed by atoms with Gasteiger partial charge in [-0.1, -0.05) is 5.21 Å². The first-order valence-corrected chi connectivity index (χ1v) is 7.48. The van der Waals surface area contributed by atoms with Gasteiger partial charge in [-0.3, -0.25) is 4.79 Å². The molecule has 1 aliphatic heterocycles. The number of hydrogen-bond donors (Lipinski definition) is 1. The zero-order valence-electron chi connectivity index (χ0n) is 12.8. The van der Waals surface area contributed by atoms with E-state index in [2.05, 4.69) is 10.3 Å². The number of aromatic nitrogens is 3. The molecule has 9 heteroatoms. The molecule has 1 atom stereocenters. The van der Waals surface area contributed by atoms with Crippen molar-refractivity contribution < 1.29 is 18.0 Å². The van der Waals surface area contributed by atoms with Crippen LogP contribution in [0.3, 0.4) is 0 Å². The normalized spacial score (nSPS) is 15.2. The van der Waals surface area contributed by atoms with E-state index in [4.69, 9.17) is 5.73 Å². The summed E-state index contributed by atoms with van der Waals surface area (Å²) in [7, 11) is 0. The highest BCUT2D eigenvalue weighted by atomic mass is 19.2. The van der Waals surface area contributed by atoms with E-state index in [0.29, 0.717) is 25.7 Å². The molecule has 128 valence electrons. The summed E-state index contributed by atoms with van der Waals surface area (Å²) in [4.78, 5) is 13.9. The molecule has 6 nitrogen and oxygen atoms in total. The fourth-order valence-electron chi connectivity index (χ4n) is 2.72. The molecule has 0 saturated carbocycles. The summed E-state index contributed by atoms with van der Waals surface area (Å²) < 4.78 is 41.5. The number of nitrogens with zero attached hydrogens (tertiary/aromatic N) is 4. The number of hydrogen-bond acceptors (Lipinski definition) is 4. The standard InChI is InChI=1S/C15H16F3N5O/c16-12-6-14(18)13(17)4-9(12)3-10(19)5-15(24)22-1-2-23-11(8-22)7-20-21-23/h4,6-7,10H,1-3,5,8,19H2/t10-/m1/s1. The highest BCUT2D eigenvalue weighted by Crippen LogP contribution is 2.17. The first-order chi connectivity index (χ1) is 11.4. The number of carbonyl (C=O) groups is 1. The summed E-state index contributed by atoms with van der Waals surface area (Å²) in [6.07, 6.45) is 1.53. The zero-order valence-corrected chi connectivity index (χ0v) is 12.8. The van der Waals surface area contributed by atoms with E-state index in [0.717, 1.165) is 11.8 Å². The molecular formula is C15H16F3N5O. The second-order valence-corrected chi connectivity index (χ2v) is 5.79. The lowest BCUT2D eigenvalue weighted by atomic mass is 10.0. The van der Waals surface area contributed by atoms with E-state index >= 15 is 0 Å². The number of benzene rings is 1. The number of halogens is 3. The Bertz CT molecular complexity index is 764. The summed E-state index contributed by atoms with van der Waals surface area (Å²) in [5.41, 5.74) is 6.67. The summed E-state index contributed by atoms with van der Waals surface area (Å²) >= 11 is 0. The third kappa shape index (κ3) is 3.40. The molecule has 3 rings (SSSR count). The predicted octanol–water partition coefficient (Wildman–Crippen LogP) is 0.998. The molecule has 1 amide bonds. The number of fused-ring (bicyclic) bond motifs is 1. The lowest BCUT2D eigenvalue weighted by Gasteiger charge is -2.28. The molecule has 1 aromatic carbocycles. The Morgan fingerprint density at radius 1 is 1.21 bits per heavy atom. The van der Waals surface area contributed by atoms with Crippen molar-refractivity contribution in [3.63, 3.8) is 0 Å². The maximum atomic E-state index is 13.6. The minimum Gasteiger partial charge on any atom is -0.335 e. The molecule has 2 N–H and O–H groups in total. The lowest BCUT2D eigenvalue weighted by Crippen LogP contribution is -2.41. The number of rotatable bonds is 4. The van der Waals surface area contributed by atoms with Crippen LogP contribution in [-0.4, -0.2) is 38.4 Å². The zero-order chi connectivity index (χ0) is 17.3. The van der Waals surface area contributed by atoms with Gasteiger partial charge in [-0.25, -0.2) is 17.9 Å². The van der Waals surface area contributed by atoms with Crippen molar-refractivity contribution >= 4 is 5.91 Å². The predicted molar refractivity (Wildman–Crippen MR) is 78.1 cm³/mol. The van der Waals surface area contributed by atoms with Crippen LogP contribution in [-0.2, 0) is 24.3 Å². The van der Waals surface area contributed by atoms with Crippen LogP contribution in [0.5, 0.6) is 0 Å². The van der Waals surface area contributed by atoms with Gasteiger partial charge in [0.15, 0.2) is 11.6 Å². The van der Waals surface area contributed by atoms with E-state index in [1.165, 1.54) is 0 Å². The van der Waals surface area contributed by atoms with E-state index in [1.807, 2.05) is 0 Å². The van der Waals surface area contributed by atoms with Crippen molar-refractivity contribution in [2.24, 2.45) is 5.73 Å². The SMILES string of the molecule is N[C@@H](CC(=O)N1CCn2nncc2C1)Cc1cc(F)c(F)cc1F. The molecule has 1 aliphatic rings. The average molecular weight is 339 g/mol. The lowest BCUT2D eigenvalue weighted by molar-refractivity contribution is -0.133. The van der Waals surface area contributed by atoms with Gasteiger partial charge in [-0.2, -0.15) is 0 Å². The topological polar surface area (TPSA) is 77.0 Å². The molecule has 0 bridgehead atoms. The van der Waals surface area contributed by atoms with Gasteiger partial charge in [0.2, 0.25) is 5.91 Å². The maximum absolute atomic E-state index is 13.6. The molecular weight excluding hydrogens is 323 g/mol. The van der Waals surface area contributed by atoms with Gasteiger partial charge >= 0.3 is 0 Å². The average Bonchev–Trinajstić information content (AvgIpc) is 3.00. The molecule has 0 saturated heterocycles. The number of nitrogens with two attached hydrogens (primary N) is 1. The molecule has 0 aliphatic carbocycles. The van der Waals surface area contributed by atoms with E-state index < -0.39 is 23.5 Å². The van der Waals surface area contributed by atoms with Gasteiger partial charge in [0.25, 0.3) is 0 Å². The first kappa shape index (κ1) is 16.4. The maximum Gasteiger partial charge on any atom is 0.224 e. The highest BCUT2D eigenvalue weighted by Gasteiger charge is 2.23. The molecule has 0 fully saturated rings. The Morgan fingerprint density at radius 3 is 2.75 bits per heavy atom. The van der Waals surface area contributed by atoms with Crippen LogP contribution >= 0.6 is 0 Å². The Labute approximate surface area is 136 Å². The number of amides is 1. The van der Waals surface area contributed by atoms with Gasteiger partial charge in [-0.05, 0) is 18.1 Å². The minimum atomic E-state index is -1.25. The van der Waals surface area contributed by atoms with E-state index in [-0.39, 0.29) is 24.3 Å². The fourth-order valence-corrected chi connectivity index (χ4v) is 2.72. The summed E-state index contributed by atoms with van der Waals surface area (Å²) in [5.74, 6) is -3.44. The monoisotopic (exact) mass is 339 g/mol. The van der Waals surface area contributed by atoms with Crippen molar-refractivity contribution in [2.75, 3.05) is 6.54 Å². The largest absolute Gasteiger partial charge is 0.335 e. The van der Waals surface area contributed by atoms with Crippen LogP contribution in [0.2, 0.25) is 0 Å². The summed E-state index contributed by atoms with van der Waals surface area (Å²) in [5, 5.41) is 7.67. The Morgan fingerprint density at radius 2 is 1.96 bits per heavy atom. The van der Waals surface area contributed by atoms with Crippen LogP contribution in [0.15, 0.2) is 18.3 Å². The third-order valence-electron chi connectivity index (χ3n) is 3.99. The van der Waals surface area contributed by atoms with E-state index in [9.17, 15) is 18.0 Å². The molecule has 2 aromatic rings. The smallest absolute Gasteiger partial charge is 0.224 e. The molecule has 0 spiro atoms. The first-order valence-electron chi connectivity index (χ1n) is 7.48. The molecule has 2 heterocycles. The van der Waals surface area contributed by atoms with Crippen molar-refractivity contribution in [3.05, 3.63) is 47.0 Å². The Balaban J connectivity index is 1.60. The minimum absolute atomic E-state index is 0.0139. The Hall–Kier alpha value is -2.42. The van der Waals surface area contributed by atoms with Gasteiger partial charge in [-0.15, -0.1) is 5.10 Å². The van der Waals surface area contributed by atoms with Crippen LogP contribution in [0.25, 0.3) is 0 Å². The van der Waals surface area contributed by atoms with Crippen molar-refractivity contribution in [1.29, 1.82) is 0 Å².